The van der Waals surface area contributed by atoms with Crippen LogP contribution in [0.25, 0.3) is 27.4 Å². The van der Waals surface area contributed by atoms with Gasteiger partial charge in [0, 0.05) is 51.0 Å². The molecule has 0 N–H and O–H groups in total. The highest BCUT2D eigenvalue weighted by Gasteiger charge is 2.23. The van der Waals surface area contributed by atoms with Crippen molar-refractivity contribution in [2.75, 3.05) is 70.2 Å². The number of aryl methyl sites for hydroxylation is 1. The summed E-state index contributed by atoms with van der Waals surface area (Å²) >= 11 is 1.60. The van der Waals surface area contributed by atoms with Crippen LogP contribution in [0.1, 0.15) is 10.4 Å². The summed E-state index contributed by atoms with van der Waals surface area (Å²) < 4.78 is 33.4. The van der Waals surface area contributed by atoms with Crippen molar-refractivity contribution in [2.45, 2.75) is 6.92 Å². The van der Waals surface area contributed by atoms with E-state index in [-0.39, 0.29) is 0 Å². The molecule has 0 atom stereocenters. The lowest BCUT2D eigenvalue weighted by Gasteiger charge is -2.31. The van der Waals surface area contributed by atoms with E-state index < -0.39 is 10.0 Å². The molecule has 0 spiro atoms. The van der Waals surface area contributed by atoms with E-state index in [4.69, 9.17) is 19.8 Å². The fraction of sp³-hybridized carbons (Fsp3) is 0.393. The van der Waals surface area contributed by atoms with E-state index in [9.17, 15) is 8.42 Å². The average molecular weight is 578 g/mol. The maximum Gasteiger partial charge on any atom is 0.253 e. The summed E-state index contributed by atoms with van der Waals surface area (Å²) in [6.45, 7) is 7.87. The number of rotatable bonds is 5. The molecule has 0 radical (unpaired) electrons. The zero-order chi connectivity index (χ0) is 27.7. The summed E-state index contributed by atoms with van der Waals surface area (Å²) in [5, 5.41) is 4.79. The number of morpholine rings is 1. The van der Waals surface area contributed by atoms with E-state index in [0.717, 1.165) is 45.3 Å². The number of anilines is 1. The topological polar surface area (TPSA) is 96.7 Å². The van der Waals surface area contributed by atoms with Gasteiger partial charge in [-0.3, -0.25) is 4.90 Å². The summed E-state index contributed by atoms with van der Waals surface area (Å²) in [5.41, 5.74) is 3.95. The standard InChI is InChI=1S/C28H31N7O3S2/c1-21-5-3-6-22(19-21)24-8-10-35(31-24)28-29-25-20-23(39-26(25)27(30-28)33-15-17-38-18-16-33)7-4-9-32-11-13-34(14-12-32)40(2,36)37/h3,5-6,8,10,19-20H,9,11-18H2,1-2H3. The largest absolute Gasteiger partial charge is 0.378 e. The van der Waals surface area contributed by atoms with Crippen LogP contribution >= 0.6 is 11.3 Å². The molecule has 10 nitrogen and oxygen atoms in total. The molecule has 0 bridgehead atoms. The molecule has 0 unspecified atom stereocenters. The highest BCUT2D eigenvalue weighted by molar-refractivity contribution is 7.88. The van der Waals surface area contributed by atoms with Crippen molar-refractivity contribution < 1.29 is 13.2 Å². The van der Waals surface area contributed by atoms with Gasteiger partial charge >= 0.3 is 0 Å². The second kappa shape index (κ2) is 11.3. The summed E-state index contributed by atoms with van der Waals surface area (Å²) in [6.07, 6.45) is 3.16. The highest BCUT2D eigenvalue weighted by Crippen LogP contribution is 2.33. The zero-order valence-electron chi connectivity index (χ0n) is 22.6. The Morgan fingerprint density at radius 1 is 1.02 bits per heavy atom. The molecule has 2 fully saturated rings. The van der Waals surface area contributed by atoms with E-state index in [0.29, 0.717) is 51.9 Å². The number of hydrogen-bond acceptors (Lipinski definition) is 9. The molecule has 0 amide bonds. The Bertz CT molecular complexity index is 1690. The van der Waals surface area contributed by atoms with Gasteiger partial charge in [-0.2, -0.15) is 14.4 Å². The van der Waals surface area contributed by atoms with Gasteiger partial charge in [-0.05, 0) is 25.1 Å². The third-order valence-corrected chi connectivity index (χ3v) is 9.41. The normalized spacial score (nSPS) is 17.2. The fourth-order valence-electron chi connectivity index (χ4n) is 4.91. The smallest absolute Gasteiger partial charge is 0.253 e. The van der Waals surface area contributed by atoms with Gasteiger partial charge in [0.15, 0.2) is 5.82 Å². The number of hydrogen-bond donors (Lipinski definition) is 0. The molecule has 0 saturated carbocycles. The number of ether oxygens (including phenoxy) is 1. The van der Waals surface area contributed by atoms with Crippen LogP contribution in [0.5, 0.6) is 0 Å². The van der Waals surface area contributed by atoms with Crippen molar-refractivity contribution in [1.29, 1.82) is 0 Å². The Balaban J connectivity index is 1.27. The maximum absolute atomic E-state index is 11.8. The molecular weight excluding hydrogens is 546 g/mol. The first-order valence-corrected chi connectivity index (χ1v) is 15.9. The minimum absolute atomic E-state index is 0.504. The van der Waals surface area contributed by atoms with E-state index in [1.807, 2.05) is 24.4 Å². The van der Waals surface area contributed by atoms with Crippen LogP contribution < -0.4 is 4.90 Å². The van der Waals surface area contributed by atoms with Crippen LogP contribution in [-0.4, -0.2) is 103 Å². The maximum atomic E-state index is 11.8. The second-order valence-electron chi connectivity index (χ2n) is 10.0. The first-order valence-electron chi connectivity index (χ1n) is 13.3. The molecule has 6 rings (SSSR count). The molecule has 2 aliphatic rings. The Morgan fingerprint density at radius 3 is 2.58 bits per heavy atom. The van der Waals surface area contributed by atoms with E-state index in [1.54, 1.807) is 16.0 Å². The van der Waals surface area contributed by atoms with Crippen LogP contribution in [0.4, 0.5) is 5.82 Å². The Kier molecular flexibility index (Phi) is 7.57. The molecule has 5 heterocycles. The van der Waals surface area contributed by atoms with Crippen LogP contribution in [-0.2, 0) is 14.8 Å². The molecule has 40 heavy (non-hydrogen) atoms. The minimum Gasteiger partial charge on any atom is -0.378 e. The summed E-state index contributed by atoms with van der Waals surface area (Å²) in [7, 11) is -3.14. The van der Waals surface area contributed by atoms with Gasteiger partial charge in [0.25, 0.3) is 5.95 Å². The first-order chi connectivity index (χ1) is 19.3. The lowest BCUT2D eigenvalue weighted by atomic mass is 10.1. The van der Waals surface area contributed by atoms with Crippen LogP contribution in [0, 0.1) is 18.8 Å². The molecule has 3 aromatic heterocycles. The van der Waals surface area contributed by atoms with Gasteiger partial charge in [0.2, 0.25) is 10.0 Å². The van der Waals surface area contributed by atoms with Gasteiger partial charge in [-0.1, -0.05) is 35.6 Å². The van der Waals surface area contributed by atoms with E-state index >= 15 is 0 Å². The Hall–Kier alpha value is -3.34. The van der Waals surface area contributed by atoms with Crippen molar-refractivity contribution in [2.24, 2.45) is 0 Å². The monoisotopic (exact) mass is 577 g/mol. The summed E-state index contributed by atoms with van der Waals surface area (Å²) in [5.74, 6) is 7.98. The average Bonchev–Trinajstić information content (AvgIpc) is 3.60. The van der Waals surface area contributed by atoms with Gasteiger partial charge in [0.05, 0.1) is 46.8 Å². The number of aromatic nitrogens is 4. The zero-order valence-corrected chi connectivity index (χ0v) is 24.2. The van der Waals surface area contributed by atoms with Gasteiger partial charge in [-0.25, -0.2) is 18.1 Å². The number of nitrogens with zero attached hydrogens (tertiary/aromatic N) is 7. The predicted molar refractivity (Wildman–Crippen MR) is 157 cm³/mol. The lowest BCUT2D eigenvalue weighted by molar-refractivity contribution is 0.122. The first kappa shape index (κ1) is 26.9. The second-order valence-corrected chi connectivity index (χ2v) is 13.1. The van der Waals surface area contributed by atoms with Crippen LogP contribution in [0.15, 0.2) is 42.6 Å². The minimum atomic E-state index is -3.14. The van der Waals surface area contributed by atoms with Crippen molar-refractivity contribution in [3.05, 3.63) is 53.0 Å². The number of sulfonamides is 1. The molecule has 2 aliphatic heterocycles. The molecule has 1 aromatic carbocycles. The predicted octanol–water partition coefficient (Wildman–Crippen LogP) is 2.62. The number of thiophene rings is 1. The molecule has 0 aliphatic carbocycles. The van der Waals surface area contributed by atoms with Crippen molar-refractivity contribution in [3.8, 4) is 29.0 Å². The van der Waals surface area contributed by atoms with Crippen molar-refractivity contribution in [1.82, 2.24) is 29.0 Å². The van der Waals surface area contributed by atoms with Crippen molar-refractivity contribution in [3.63, 3.8) is 0 Å². The highest BCUT2D eigenvalue weighted by atomic mass is 32.2. The number of fused-ring (bicyclic) bond motifs is 1. The number of piperazine rings is 1. The number of benzene rings is 1. The molecule has 4 aromatic rings. The lowest BCUT2D eigenvalue weighted by Crippen LogP contribution is -2.48. The van der Waals surface area contributed by atoms with E-state index in [1.165, 1.54) is 16.1 Å². The third-order valence-electron chi connectivity index (χ3n) is 7.07. The van der Waals surface area contributed by atoms with Gasteiger partial charge < -0.3 is 9.64 Å². The fourth-order valence-corrected chi connectivity index (χ4v) is 6.72. The summed E-state index contributed by atoms with van der Waals surface area (Å²) in [4.78, 5) is 15.2. The third kappa shape index (κ3) is 5.89. The summed E-state index contributed by atoms with van der Waals surface area (Å²) in [6, 6.07) is 12.3. The van der Waals surface area contributed by atoms with E-state index in [2.05, 4.69) is 46.8 Å². The quantitative estimate of drug-likeness (QED) is 0.334. The SMILES string of the molecule is Cc1cccc(-c2ccn(-c3nc(N4CCOCC4)c4sc(C#CCN5CCN(S(C)(=O)=O)CC5)cc4n3)n2)c1. The molecular formula is C28H31N7O3S2. The van der Waals surface area contributed by atoms with Crippen LogP contribution in [0.2, 0.25) is 0 Å². The Morgan fingerprint density at radius 2 is 1.82 bits per heavy atom. The van der Waals surface area contributed by atoms with Gasteiger partial charge in [-0.15, -0.1) is 11.3 Å². The molecule has 12 heteroatoms. The Labute approximate surface area is 238 Å². The van der Waals surface area contributed by atoms with Gasteiger partial charge in [0.1, 0.15) is 0 Å². The molecule has 208 valence electrons. The van der Waals surface area contributed by atoms with Crippen molar-refractivity contribution >= 4 is 37.4 Å². The molecule has 2 saturated heterocycles. The van der Waals surface area contributed by atoms with Crippen LogP contribution in [0.3, 0.4) is 0 Å².